The Morgan fingerprint density at radius 3 is 0.763 bits per heavy atom. The van der Waals surface area contributed by atoms with Gasteiger partial charge in [-0.15, -0.1) is 0 Å². The Bertz CT molecular complexity index is 2240. The number of benzene rings is 9. The molecule has 0 radical (unpaired) electrons. The molecule has 0 fully saturated rings. The van der Waals surface area contributed by atoms with E-state index in [9.17, 15) is 0 Å². The summed E-state index contributed by atoms with van der Waals surface area (Å²) in [7, 11) is 0. The highest BCUT2D eigenvalue weighted by atomic mass is 14.2. The average molecular weight is 479 g/mol. The van der Waals surface area contributed by atoms with Crippen molar-refractivity contribution in [2.24, 2.45) is 0 Å². The van der Waals surface area contributed by atoms with Crippen molar-refractivity contribution in [3.63, 3.8) is 0 Å². The third kappa shape index (κ3) is 2.59. The molecular weight excluding hydrogens is 456 g/mol. The molecule has 9 rings (SSSR count). The van der Waals surface area contributed by atoms with Crippen LogP contribution in [-0.2, 0) is 0 Å². The molecule has 0 saturated heterocycles. The van der Waals surface area contributed by atoms with E-state index in [1.165, 1.54) is 86.2 Å². The number of hydrogen-bond donors (Lipinski definition) is 0. The topological polar surface area (TPSA) is 0 Å². The van der Waals surface area contributed by atoms with Crippen LogP contribution in [0.1, 0.15) is 0 Å². The molecule has 0 heterocycles. The highest BCUT2D eigenvalue weighted by molar-refractivity contribution is 6.38. The summed E-state index contributed by atoms with van der Waals surface area (Å²) in [5, 5.41) is 21.0. The summed E-state index contributed by atoms with van der Waals surface area (Å²) in [5.41, 5.74) is 0. The summed E-state index contributed by atoms with van der Waals surface area (Å²) in [6.07, 6.45) is 0. The molecule has 0 amide bonds. The highest BCUT2D eigenvalue weighted by Gasteiger charge is 2.15. The lowest BCUT2D eigenvalue weighted by Crippen LogP contribution is -1.88. The second-order valence-corrected chi connectivity index (χ2v) is 10.5. The van der Waals surface area contributed by atoms with E-state index in [-0.39, 0.29) is 0 Å². The molecule has 0 heteroatoms. The van der Waals surface area contributed by atoms with Gasteiger partial charge in [0.1, 0.15) is 0 Å². The maximum Gasteiger partial charge on any atom is -0.00139 e. The zero-order valence-electron chi connectivity index (χ0n) is 20.7. The average Bonchev–Trinajstić information content (AvgIpc) is 2.99. The molecule has 0 bridgehead atoms. The Morgan fingerprint density at radius 2 is 0.421 bits per heavy atom. The quantitative estimate of drug-likeness (QED) is 0.190. The fraction of sp³-hybridized carbons (Fsp3) is 0. The zero-order chi connectivity index (χ0) is 24.8. The van der Waals surface area contributed by atoms with Gasteiger partial charge in [0.05, 0.1) is 0 Å². The monoisotopic (exact) mass is 478 g/mol. The van der Waals surface area contributed by atoms with E-state index in [0.717, 1.165) is 0 Å². The van der Waals surface area contributed by atoms with Crippen LogP contribution in [0.4, 0.5) is 0 Å². The number of hydrogen-bond acceptors (Lipinski definition) is 0. The zero-order valence-corrected chi connectivity index (χ0v) is 20.7. The van der Waals surface area contributed by atoms with Crippen molar-refractivity contribution >= 4 is 86.2 Å². The fourth-order valence-corrected chi connectivity index (χ4v) is 6.85. The molecule has 0 atom stereocenters. The Labute approximate surface area is 219 Å². The van der Waals surface area contributed by atoms with Crippen LogP contribution in [0.2, 0.25) is 0 Å². The van der Waals surface area contributed by atoms with Crippen LogP contribution in [0, 0.1) is 0 Å². The van der Waals surface area contributed by atoms with E-state index in [0.29, 0.717) is 0 Å². The minimum Gasteiger partial charge on any atom is -0.0616 e. The third-order valence-corrected chi connectivity index (χ3v) is 8.54. The smallest absolute Gasteiger partial charge is 0.00139 e. The molecule has 0 nitrogen and oxygen atoms in total. The first-order chi connectivity index (χ1) is 18.8. The largest absolute Gasteiger partial charge is 0.0616 e. The van der Waals surface area contributed by atoms with Crippen molar-refractivity contribution in [1.29, 1.82) is 0 Å². The van der Waals surface area contributed by atoms with Gasteiger partial charge in [0.2, 0.25) is 0 Å². The molecule has 0 aliphatic rings. The summed E-state index contributed by atoms with van der Waals surface area (Å²) in [6.45, 7) is 0. The van der Waals surface area contributed by atoms with Crippen LogP contribution in [0.25, 0.3) is 86.2 Å². The van der Waals surface area contributed by atoms with Crippen molar-refractivity contribution in [3.05, 3.63) is 133 Å². The summed E-state index contributed by atoms with van der Waals surface area (Å²) in [6, 6.07) is 49.6. The van der Waals surface area contributed by atoms with Gasteiger partial charge in [0, 0.05) is 0 Å². The van der Waals surface area contributed by atoms with Crippen molar-refractivity contribution in [1.82, 2.24) is 0 Å². The molecule has 38 heavy (non-hydrogen) atoms. The number of fused-ring (bicyclic) bond motifs is 15. The van der Waals surface area contributed by atoms with E-state index < -0.39 is 0 Å². The second kappa shape index (κ2) is 7.31. The molecule has 0 aliphatic heterocycles. The normalized spacial score (nSPS) is 12.2. The predicted molar refractivity (Wildman–Crippen MR) is 166 cm³/mol. The van der Waals surface area contributed by atoms with Gasteiger partial charge in [0.15, 0.2) is 0 Å². The van der Waals surface area contributed by atoms with E-state index in [2.05, 4.69) is 133 Å². The van der Waals surface area contributed by atoms with E-state index in [1.807, 2.05) is 0 Å². The van der Waals surface area contributed by atoms with Gasteiger partial charge < -0.3 is 0 Å². The molecule has 0 aliphatic carbocycles. The van der Waals surface area contributed by atoms with Gasteiger partial charge in [-0.3, -0.25) is 0 Å². The maximum absolute atomic E-state index is 2.30. The fourth-order valence-electron chi connectivity index (χ4n) is 6.85. The maximum atomic E-state index is 2.30. The van der Waals surface area contributed by atoms with Gasteiger partial charge in [-0.2, -0.15) is 0 Å². The second-order valence-electron chi connectivity index (χ2n) is 10.5. The summed E-state index contributed by atoms with van der Waals surface area (Å²) in [5.74, 6) is 0. The van der Waals surface area contributed by atoms with Gasteiger partial charge in [-0.1, -0.05) is 133 Å². The first kappa shape index (κ1) is 20.2. The molecule has 9 aromatic carbocycles. The van der Waals surface area contributed by atoms with Gasteiger partial charge >= 0.3 is 0 Å². The summed E-state index contributed by atoms with van der Waals surface area (Å²) < 4.78 is 0. The van der Waals surface area contributed by atoms with Crippen LogP contribution in [-0.4, -0.2) is 0 Å². The summed E-state index contributed by atoms with van der Waals surface area (Å²) >= 11 is 0. The Hall–Kier alpha value is -4.94. The van der Waals surface area contributed by atoms with Crippen molar-refractivity contribution in [2.75, 3.05) is 0 Å². The standard InChI is InChI=1S/C38H22/c1-3-7-31-23(5-1)9-11-25-13-15-27-17-19-29-21-22-30-20-18-28-16-14-26-12-10-24-6-2-4-8-32(24)34(26)36(28)38(30)37(29)35(27)33(25)31/h1-22H. The molecule has 9 aromatic rings. The molecule has 0 spiro atoms. The Balaban J connectivity index is 1.67. The minimum absolute atomic E-state index is 1.28. The van der Waals surface area contributed by atoms with Crippen molar-refractivity contribution in [3.8, 4) is 0 Å². The van der Waals surface area contributed by atoms with E-state index >= 15 is 0 Å². The lowest BCUT2D eigenvalue weighted by atomic mass is 9.87. The van der Waals surface area contributed by atoms with E-state index in [4.69, 9.17) is 0 Å². The molecular formula is C38H22. The first-order valence-electron chi connectivity index (χ1n) is 13.3. The van der Waals surface area contributed by atoms with Gasteiger partial charge in [-0.25, -0.2) is 0 Å². The van der Waals surface area contributed by atoms with Crippen molar-refractivity contribution in [2.45, 2.75) is 0 Å². The Kier molecular flexibility index (Phi) is 3.88. The predicted octanol–water partition coefficient (Wildman–Crippen LogP) is 10.9. The first-order valence-corrected chi connectivity index (χ1v) is 13.3. The number of rotatable bonds is 0. The Morgan fingerprint density at radius 1 is 0.184 bits per heavy atom. The molecule has 0 saturated carbocycles. The van der Waals surface area contributed by atoms with Gasteiger partial charge in [-0.05, 0) is 86.2 Å². The summed E-state index contributed by atoms with van der Waals surface area (Å²) in [4.78, 5) is 0. The van der Waals surface area contributed by atoms with Crippen LogP contribution in [0.3, 0.4) is 0 Å². The molecule has 174 valence electrons. The van der Waals surface area contributed by atoms with Crippen LogP contribution in [0.15, 0.2) is 133 Å². The highest BCUT2D eigenvalue weighted by Crippen LogP contribution is 2.44. The van der Waals surface area contributed by atoms with Crippen LogP contribution >= 0.6 is 0 Å². The lowest BCUT2D eigenvalue weighted by molar-refractivity contribution is 1.78. The molecule has 0 N–H and O–H groups in total. The molecule has 0 aromatic heterocycles. The van der Waals surface area contributed by atoms with Gasteiger partial charge in [0.25, 0.3) is 0 Å². The minimum atomic E-state index is 1.28. The van der Waals surface area contributed by atoms with Crippen molar-refractivity contribution < 1.29 is 0 Å². The SMILES string of the molecule is c1ccc2c(c1)ccc1ccc3ccc4ccc5ccc6ccc7ccc8ccccc8c7c6c5c4c3c12. The van der Waals surface area contributed by atoms with Crippen LogP contribution < -0.4 is 0 Å². The third-order valence-electron chi connectivity index (χ3n) is 8.54. The molecule has 0 unspecified atom stereocenters. The van der Waals surface area contributed by atoms with Crippen LogP contribution in [0.5, 0.6) is 0 Å². The lowest BCUT2D eigenvalue weighted by Gasteiger charge is -2.16. The van der Waals surface area contributed by atoms with E-state index in [1.54, 1.807) is 0 Å².